The van der Waals surface area contributed by atoms with E-state index in [4.69, 9.17) is 0 Å². The van der Waals surface area contributed by atoms with E-state index in [1.165, 1.54) is 18.2 Å². The van der Waals surface area contributed by atoms with E-state index in [2.05, 4.69) is 17.6 Å². The van der Waals surface area contributed by atoms with Gasteiger partial charge < -0.3 is 10.6 Å². The Bertz CT molecular complexity index is 435. The van der Waals surface area contributed by atoms with Crippen LogP contribution < -0.4 is 10.6 Å². The van der Waals surface area contributed by atoms with Crippen molar-refractivity contribution in [2.75, 3.05) is 11.9 Å². The van der Waals surface area contributed by atoms with Gasteiger partial charge in [0, 0.05) is 12.1 Å². The molecule has 104 valence electrons. The number of unbranched alkanes of at least 4 members (excludes halogenated alkanes) is 2. The summed E-state index contributed by atoms with van der Waals surface area (Å²) in [5, 5.41) is 5.04. The quantitative estimate of drug-likeness (QED) is 0.745. The van der Waals surface area contributed by atoms with Crippen LogP contribution in [0.25, 0.3) is 0 Å². The van der Waals surface area contributed by atoms with E-state index in [-0.39, 0.29) is 18.4 Å². The summed E-state index contributed by atoms with van der Waals surface area (Å²) in [5.74, 6) is -0.918. The van der Waals surface area contributed by atoms with Gasteiger partial charge in [0.1, 0.15) is 5.82 Å². The Hall–Kier alpha value is -1.91. The predicted octanol–water partition coefficient (Wildman–Crippen LogP) is 2.46. The van der Waals surface area contributed by atoms with E-state index >= 15 is 0 Å². The third-order valence-electron chi connectivity index (χ3n) is 2.56. The van der Waals surface area contributed by atoms with Gasteiger partial charge in [-0.1, -0.05) is 25.8 Å². The minimum Gasteiger partial charge on any atom is -0.347 e. The minimum atomic E-state index is -0.415. The first-order chi connectivity index (χ1) is 9.11. The maximum Gasteiger partial charge on any atom is 0.243 e. The highest BCUT2D eigenvalue weighted by Crippen LogP contribution is 2.08. The lowest BCUT2D eigenvalue weighted by Gasteiger charge is -2.07. The van der Waals surface area contributed by atoms with Crippen LogP contribution in [0.15, 0.2) is 24.3 Å². The smallest absolute Gasteiger partial charge is 0.243 e. The molecule has 0 saturated carbocycles. The average Bonchev–Trinajstić information content (AvgIpc) is 2.37. The van der Waals surface area contributed by atoms with E-state index in [0.29, 0.717) is 12.1 Å². The van der Waals surface area contributed by atoms with Gasteiger partial charge in [0.25, 0.3) is 0 Å². The summed E-state index contributed by atoms with van der Waals surface area (Å²) in [6, 6.07) is 5.62. The summed E-state index contributed by atoms with van der Waals surface area (Å²) in [6.45, 7) is 1.96. The summed E-state index contributed by atoms with van der Waals surface area (Å²) in [7, 11) is 0. The Balaban J connectivity index is 2.26. The van der Waals surface area contributed by atoms with Gasteiger partial charge in [-0.25, -0.2) is 4.39 Å². The number of amides is 2. The maximum absolute atomic E-state index is 12.9. The van der Waals surface area contributed by atoms with Gasteiger partial charge in [0.05, 0.1) is 6.54 Å². The van der Waals surface area contributed by atoms with Crippen LogP contribution in [0.1, 0.15) is 32.6 Å². The van der Waals surface area contributed by atoms with Gasteiger partial charge in [-0.05, 0) is 24.6 Å². The number of hydrogen-bond donors (Lipinski definition) is 2. The molecule has 2 amide bonds. The summed E-state index contributed by atoms with van der Waals surface area (Å²) in [4.78, 5) is 22.9. The molecule has 0 aliphatic rings. The first-order valence-electron chi connectivity index (χ1n) is 6.44. The number of hydrogen-bond acceptors (Lipinski definition) is 2. The zero-order valence-corrected chi connectivity index (χ0v) is 11.0. The Kier molecular flexibility index (Phi) is 6.57. The molecular weight excluding hydrogens is 247 g/mol. The van der Waals surface area contributed by atoms with Crippen molar-refractivity contribution >= 4 is 17.5 Å². The van der Waals surface area contributed by atoms with Crippen LogP contribution in [0.2, 0.25) is 0 Å². The largest absolute Gasteiger partial charge is 0.347 e. The molecule has 0 unspecified atom stereocenters. The highest BCUT2D eigenvalue weighted by Gasteiger charge is 2.06. The first-order valence-corrected chi connectivity index (χ1v) is 6.44. The third kappa shape index (κ3) is 6.55. The monoisotopic (exact) mass is 266 g/mol. The van der Waals surface area contributed by atoms with Gasteiger partial charge in [-0.3, -0.25) is 9.59 Å². The van der Waals surface area contributed by atoms with Gasteiger partial charge in [-0.15, -0.1) is 0 Å². The molecule has 19 heavy (non-hydrogen) atoms. The zero-order chi connectivity index (χ0) is 14.1. The summed E-state index contributed by atoms with van der Waals surface area (Å²) >= 11 is 0. The molecule has 0 bridgehead atoms. The molecule has 5 heteroatoms. The zero-order valence-electron chi connectivity index (χ0n) is 11.0. The van der Waals surface area contributed by atoms with Crippen LogP contribution in [-0.2, 0) is 9.59 Å². The number of nitrogens with one attached hydrogen (secondary N) is 2. The van der Waals surface area contributed by atoms with Crippen LogP contribution in [0, 0.1) is 5.82 Å². The standard InChI is InChI=1S/C14H19FN2O2/c1-2-3-4-8-13(18)16-10-14(19)17-12-7-5-6-11(15)9-12/h5-7,9H,2-4,8,10H2,1H3,(H,16,18)(H,17,19). The molecule has 1 aromatic rings. The molecule has 0 aliphatic heterocycles. The van der Waals surface area contributed by atoms with E-state index in [0.717, 1.165) is 19.3 Å². The number of carbonyl (C=O) groups is 2. The molecule has 0 heterocycles. The fraction of sp³-hybridized carbons (Fsp3) is 0.429. The topological polar surface area (TPSA) is 58.2 Å². The van der Waals surface area contributed by atoms with Crippen molar-refractivity contribution in [2.45, 2.75) is 32.6 Å². The van der Waals surface area contributed by atoms with Crippen molar-refractivity contribution < 1.29 is 14.0 Å². The van der Waals surface area contributed by atoms with Crippen molar-refractivity contribution in [1.82, 2.24) is 5.32 Å². The fourth-order valence-electron chi connectivity index (χ4n) is 1.57. The highest BCUT2D eigenvalue weighted by molar-refractivity contribution is 5.94. The van der Waals surface area contributed by atoms with E-state index in [1.54, 1.807) is 6.07 Å². The summed E-state index contributed by atoms with van der Waals surface area (Å²) in [6.07, 6.45) is 3.31. The second-order valence-electron chi connectivity index (χ2n) is 4.29. The maximum atomic E-state index is 12.9. The van der Waals surface area contributed by atoms with Gasteiger partial charge in [0.2, 0.25) is 11.8 Å². The molecule has 0 aromatic heterocycles. The molecule has 0 aliphatic carbocycles. The SMILES string of the molecule is CCCCCC(=O)NCC(=O)Nc1cccc(F)c1. The number of anilines is 1. The second kappa shape index (κ2) is 8.24. The lowest BCUT2D eigenvalue weighted by molar-refractivity contribution is -0.124. The van der Waals surface area contributed by atoms with Crippen molar-refractivity contribution in [1.29, 1.82) is 0 Å². The minimum absolute atomic E-state index is 0.0958. The highest BCUT2D eigenvalue weighted by atomic mass is 19.1. The van der Waals surface area contributed by atoms with E-state index in [9.17, 15) is 14.0 Å². The van der Waals surface area contributed by atoms with Crippen LogP contribution in [0.5, 0.6) is 0 Å². The van der Waals surface area contributed by atoms with Gasteiger partial charge >= 0.3 is 0 Å². The van der Waals surface area contributed by atoms with Crippen LogP contribution in [0.3, 0.4) is 0 Å². The Morgan fingerprint density at radius 1 is 1.21 bits per heavy atom. The molecular formula is C14H19FN2O2. The molecule has 0 fully saturated rings. The summed E-state index contributed by atoms with van der Waals surface area (Å²) in [5.41, 5.74) is 0.380. The number of carbonyl (C=O) groups excluding carboxylic acids is 2. The molecule has 0 spiro atoms. The normalized spacial score (nSPS) is 10.0. The fourth-order valence-corrected chi connectivity index (χ4v) is 1.57. The van der Waals surface area contributed by atoms with Crippen LogP contribution >= 0.6 is 0 Å². The molecule has 0 atom stereocenters. The van der Waals surface area contributed by atoms with Crippen molar-refractivity contribution in [2.24, 2.45) is 0 Å². The lowest BCUT2D eigenvalue weighted by Crippen LogP contribution is -2.32. The first kappa shape index (κ1) is 15.1. The lowest BCUT2D eigenvalue weighted by atomic mass is 10.2. The summed E-state index contributed by atoms with van der Waals surface area (Å²) < 4.78 is 12.9. The van der Waals surface area contributed by atoms with Crippen LogP contribution in [-0.4, -0.2) is 18.4 Å². The van der Waals surface area contributed by atoms with Crippen molar-refractivity contribution in [3.8, 4) is 0 Å². The van der Waals surface area contributed by atoms with E-state index in [1.807, 2.05) is 0 Å². The molecule has 1 rings (SSSR count). The number of halogens is 1. The van der Waals surface area contributed by atoms with Crippen molar-refractivity contribution in [3.63, 3.8) is 0 Å². The van der Waals surface area contributed by atoms with Crippen molar-refractivity contribution in [3.05, 3.63) is 30.1 Å². The molecule has 0 saturated heterocycles. The Morgan fingerprint density at radius 2 is 2.00 bits per heavy atom. The second-order valence-corrected chi connectivity index (χ2v) is 4.29. The third-order valence-corrected chi connectivity index (χ3v) is 2.56. The number of rotatable bonds is 7. The Morgan fingerprint density at radius 3 is 2.68 bits per heavy atom. The molecule has 2 N–H and O–H groups in total. The molecule has 4 nitrogen and oxygen atoms in total. The van der Waals surface area contributed by atoms with Crippen LogP contribution in [0.4, 0.5) is 10.1 Å². The molecule has 1 aromatic carbocycles. The average molecular weight is 266 g/mol. The molecule has 0 radical (unpaired) electrons. The van der Waals surface area contributed by atoms with Gasteiger partial charge in [0.15, 0.2) is 0 Å². The Labute approximate surface area is 112 Å². The van der Waals surface area contributed by atoms with E-state index < -0.39 is 5.82 Å². The number of benzene rings is 1. The van der Waals surface area contributed by atoms with Gasteiger partial charge in [-0.2, -0.15) is 0 Å². The predicted molar refractivity (Wildman–Crippen MR) is 72.2 cm³/mol.